The molecule has 0 aliphatic rings. The standard InChI is InChI=1S/C15H13N7O/c16-12-11-14(20-13(19-12)10-6-7-17-21-10)22(15(23)18-11)8-9-4-2-1-3-5-9/h1-7H,8H2,(H,17,21)(H,18,23)(H2,16,19,20). The first-order valence-electron chi connectivity index (χ1n) is 7.02. The van der Waals surface area contributed by atoms with Gasteiger partial charge in [-0.05, 0) is 11.6 Å². The fourth-order valence-electron chi connectivity index (χ4n) is 2.47. The molecule has 0 radical (unpaired) electrons. The van der Waals surface area contributed by atoms with Gasteiger partial charge in [0.15, 0.2) is 17.3 Å². The molecule has 1 aromatic carbocycles. The molecule has 3 aromatic heterocycles. The number of nitrogens with one attached hydrogen (secondary N) is 2. The lowest BCUT2D eigenvalue weighted by Crippen LogP contribution is -2.17. The van der Waals surface area contributed by atoms with Gasteiger partial charge in [0.1, 0.15) is 11.2 Å². The quantitative estimate of drug-likeness (QED) is 0.524. The van der Waals surface area contributed by atoms with E-state index in [9.17, 15) is 4.79 Å². The van der Waals surface area contributed by atoms with Crippen molar-refractivity contribution in [1.29, 1.82) is 0 Å². The molecule has 0 fully saturated rings. The van der Waals surface area contributed by atoms with E-state index in [0.29, 0.717) is 29.2 Å². The lowest BCUT2D eigenvalue weighted by molar-refractivity contribution is 0.777. The SMILES string of the molecule is Nc1nc(-c2ccn[nH]2)nc2c1[nH]c(=O)n2Cc1ccccc1. The zero-order valence-corrected chi connectivity index (χ0v) is 12.0. The van der Waals surface area contributed by atoms with Gasteiger partial charge in [0.2, 0.25) is 0 Å². The van der Waals surface area contributed by atoms with Crippen LogP contribution in [0, 0.1) is 0 Å². The molecule has 23 heavy (non-hydrogen) atoms. The number of aromatic amines is 2. The minimum absolute atomic E-state index is 0.225. The fourth-order valence-corrected chi connectivity index (χ4v) is 2.47. The van der Waals surface area contributed by atoms with Crippen molar-refractivity contribution in [3.05, 3.63) is 58.6 Å². The second-order valence-electron chi connectivity index (χ2n) is 5.10. The highest BCUT2D eigenvalue weighted by molar-refractivity contribution is 5.83. The summed E-state index contributed by atoms with van der Waals surface area (Å²) in [5, 5.41) is 6.67. The molecule has 114 valence electrons. The van der Waals surface area contributed by atoms with Crippen LogP contribution in [-0.2, 0) is 6.54 Å². The number of H-pyrrole nitrogens is 2. The molecular formula is C15H13N7O. The highest BCUT2D eigenvalue weighted by Crippen LogP contribution is 2.20. The smallest absolute Gasteiger partial charge is 0.328 e. The highest BCUT2D eigenvalue weighted by atomic mass is 16.1. The summed E-state index contributed by atoms with van der Waals surface area (Å²) >= 11 is 0. The minimum Gasteiger partial charge on any atom is -0.382 e. The van der Waals surface area contributed by atoms with Gasteiger partial charge in [-0.25, -0.2) is 14.8 Å². The molecule has 0 aliphatic carbocycles. The summed E-state index contributed by atoms with van der Waals surface area (Å²) in [5.41, 5.74) is 8.24. The molecule has 4 aromatic rings. The van der Waals surface area contributed by atoms with Gasteiger partial charge in [-0.15, -0.1) is 0 Å². The molecular weight excluding hydrogens is 294 g/mol. The van der Waals surface area contributed by atoms with E-state index in [1.807, 2.05) is 30.3 Å². The number of nitrogen functional groups attached to an aromatic ring is 1. The summed E-state index contributed by atoms with van der Waals surface area (Å²) in [4.78, 5) is 23.7. The third-order valence-corrected chi connectivity index (χ3v) is 3.58. The van der Waals surface area contributed by atoms with Crippen LogP contribution in [-0.4, -0.2) is 29.7 Å². The number of anilines is 1. The fraction of sp³-hybridized carbons (Fsp3) is 0.0667. The number of benzene rings is 1. The molecule has 4 N–H and O–H groups in total. The molecule has 0 bridgehead atoms. The van der Waals surface area contributed by atoms with Gasteiger partial charge in [0, 0.05) is 6.20 Å². The van der Waals surface area contributed by atoms with Crippen molar-refractivity contribution in [3.8, 4) is 11.5 Å². The van der Waals surface area contributed by atoms with E-state index >= 15 is 0 Å². The van der Waals surface area contributed by atoms with E-state index in [1.54, 1.807) is 16.8 Å². The Morgan fingerprint density at radius 3 is 2.70 bits per heavy atom. The van der Waals surface area contributed by atoms with Gasteiger partial charge in [-0.3, -0.25) is 9.67 Å². The molecule has 0 unspecified atom stereocenters. The van der Waals surface area contributed by atoms with Crippen LogP contribution < -0.4 is 11.4 Å². The number of aromatic nitrogens is 6. The molecule has 0 amide bonds. The summed E-state index contributed by atoms with van der Waals surface area (Å²) in [7, 11) is 0. The number of imidazole rings is 1. The average molecular weight is 307 g/mol. The van der Waals surface area contributed by atoms with E-state index in [0.717, 1.165) is 5.56 Å². The Hall–Kier alpha value is -3.42. The average Bonchev–Trinajstić information content (AvgIpc) is 3.19. The van der Waals surface area contributed by atoms with Gasteiger partial charge in [0.05, 0.1) is 6.54 Å². The summed E-state index contributed by atoms with van der Waals surface area (Å²) in [6.07, 6.45) is 1.60. The zero-order chi connectivity index (χ0) is 15.8. The first-order chi connectivity index (χ1) is 11.2. The van der Waals surface area contributed by atoms with Crippen LogP contribution in [0.2, 0.25) is 0 Å². The monoisotopic (exact) mass is 307 g/mol. The predicted octanol–water partition coefficient (Wildman–Crippen LogP) is 1.14. The van der Waals surface area contributed by atoms with Crippen molar-refractivity contribution >= 4 is 17.0 Å². The second-order valence-corrected chi connectivity index (χ2v) is 5.10. The first kappa shape index (κ1) is 13.3. The van der Waals surface area contributed by atoms with Crippen molar-refractivity contribution in [3.63, 3.8) is 0 Å². The number of fused-ring (bicyclic) bond motifs is 1. The van der Waals surface area contributed by atoms with E-state index in [1.165, 1.54) is 0 Å². The highest BCUT2D eigenvalue weighted by Gasteiger charge is 2.15. The topological polar surface area (TPSA) is 118 Å². The van der Waals surface area contributed by atoms with Crippen molar-refractivity contribution < 1.29 is 0 Å². The molecule has 0 saturated carbocycles. The predicted molar refractivity (Wildman–Crippen MR) is 85.7 cm³/mol. The number of nitrogens with two attached hydrogens (primary N) is 1. The van der Waals surface area contributed by atoms with Crippen molar-refractivity contribution in [2.75, 3.05) is 5.73 Å². The Bertz CT molecular complexity index is 1020. The Morgan fingerprint density at radius 1 is 1.13 bits per heavy atom. The van der Waals surface area contributed by atoms with Crippen LogP contribution in [0.5, 0.6) is 0 Å². The van der Waals surface area contributed by atoms with Crippen LogP contribution in [0.15, 0.2) is 47.4 Å². The van der Waals surface area contributed by atoms with Crippen molar-refractivity contribution in [2.24, 2.45) is 0 Å². The van der Waals surface area contributed by atoms with E-state index in [-0.39, 0.29) is 11.5 Å². The molecule has 0 aliphatic heterocycles. The summed E-state index contributed by atoms with van der Waals surface area (Å²) in [6, 6.07) is 11.4. The maximum atomic E-state index is 12.3. The second kappa shape index (κ2) is 5.09. The lowest BCUT2D eigenvalue weighted by atomic mass is 10.2. The molecule has 0 saturated heterocycles. The number of rotatable bonds is 3. The van der Waals surface area contributed by atoms with E-state index in [4.69, 9.17) is 5.73 Å². The Labute approximate surface area is 130 Å². The van der Waals surface area contributed by atoms with Crippen LogP contribution >= 0.6 is 0 Å². The van der Waals surface area contributed by atoms with Crippen LogP contribution in [0.4, 0.5) is 5.82 Å². The molecule has 8 nitrogen and oxygen atoms in total. The third-order valence-electron chi connectivity index (χ3n) is 3.58. The summed E-state index contributed by atoms with van der Waals surface area (Å²) < 4.78 is 1.54. The minimum atomic E-state index is -0.272. The van der Waals surface area contributed by atoms with Gasteiger partial charge < -0.3 is 10.7 Å². The number of hydrogen-bond donors (Lipinski definition) is 3. The van der Waals surface area contributed by atoms with Crippen LogP contribution in [0.25, 0.3) is 22.7 Å². The maximum Gasteiger partial charge on any atom is 0.328 e. The van der Waals surface area contributed by atoms with Gasteiger partial charge in [-0.2, -0.15) is 5.10 Å². The van der Waals surface area contributed by atoms with Gasteiger partial charge >= 0.3 is 5.69 Å². The molecule has 8 heteroatoms. The van der Waals surface area contributed by atoms with Gasteiger partial charge in [0.25, 0.3) is 0 Å². The maximum absolute atomic E-state index is 12.3. The number of nitrogens with zero attached hydrogens (tertiary/aromatic N) is 4. The molecule has 4 rings (SSSR count). The Morgan fingerprint density at radius 2 is 1.96 bits per heavy atom. The van der Waals surface area contributed by atoms with Gasteiger partial charge in [-0.1, -0.05) is 30.3 Å². The Kier molecular flexibility index (Phi) is 2.94. The molecule has 0 atom stereocenters. The molecule has 0 spiro atoms. The number of hydrogen-bond acceptors (Lipinski definition) is 5. The summed E-state index contributed by atoms with van der Waals surface area (Å²) in [6.45, 7) is 0.401. The molecule has 3 heterocycles. The van der Waals surface area contributed by atoms with Crippen LogP contribution in [0.1, 0.15) is 5.56 Å². The Balaban J connectivity index is 1.90. The largest absolute Gasteiger partial charge is 0.382 e. The normalized spacial score (nSPS) is 11.1. The van der Waals surface area contributed by atoms with E-state index < -0.39 is 0 Å². The lowest BCUT2D eigenvalue weighted by Gasteiger charge is -2.05. The first-order valence-corrected chi connectivity index (χ1v) is 7.02. The van der Waals surface area contributed by atoms with Crippen molar-refractivity contribution in [1.82, 2.24) is 29.7 Å². The van der Waals surface area contributed by atoms with Crippen LogP contribution in [0.3, 0.4) is 0 Å². The summed E-state index contributed by atoms with van der Waals surface area (Å²) in [5.74, 6) is 0.622. The third kappa shape index (κ3) is 2.26. The zero-order valence-electron chi connectivity index (χ0n) is 12.0. The van der Waals surface area contributed by atoms with Crippen molar-refractivity contribution in [2.45, 2.75) is 6.54 Å². The van der Waals surface area contributed by atoms with E-state index in [2.05, 4.69) is 25.1 Å².